The Morgan fingerprint density at radius 3 is 1.92 bits per heavy atom. The van der Waals surface area contributed by atoms with Crippen molar-refractivity contribution in [3.8, 4) is 33.4 Å². The number of thiophene rings is 1. The van der Waals surface area contributed by atoms with Crippen LogP contribution in [0.15, 0.2) is 156 Å². The lowest BCUT2D eigenvalue weighted by Crippen LogP contribution is -2.62. The Balaban J connectivity index is 1.16. The summed E-state index contributed by atoms with van der Waals surface area (Å²) in [5.41, 5.74) is 25.5. The van der Waals surface area contributed by atoms with Gasteiger partial charge in [-0.1, -0.05) is 156 Å². The summed E-state index contributed by atoms with van der Waals surface area (Å²) < 4.78 is 9.15. The Bertz CT molecular complexity index is 4020. The van der Waals surface area contributed by atoms with Crippen molar-refractivity contribution in [3.05, 3.63) is 185 Å². The SMILES string of the molecule is CC(C)(C)c1ccc(N2B3c4cc5occc5cc4N(c4ccc(C(C)(C)C)cc4-c4ccccc4)c4c3c(cc3c4C(C)(C)c4ccccc4-3)-c3cc4c(cc32)sc2cc3c(cc24)C(C)(C)CCC3(C)C)cc1. The largest absolute Gasteiger partial charge is 0.464 e. The van der Waals surface area contributed by atoms with Crippen molar-refractivity contribution < 1.29 is 4.42 Å². The lowest BCUT2D eigenvalue weighted by Gasteiger charge is -2.48. The third kappa shape index (κ3) is 6.44. The maximum absolute atomic E-state index is 6.44. The van der Waals surface area contributed by atoms with E-state index in [9.17, 15) is 0 Å². The molecule has 74 heavy (non-hydrogen) atoms. The maximum atomic E-state index is 6.44. The van der Waals surface area contributed by atoms with E-state index in [2.05, 4.69) is 238 Å². The minimum absolute atomic E-state index is 0.00656. The second kappa shape index (κ2) is 15.2. The Kier molecular flexibility index (Phi) is 9.38. The number of rotatable bonds is 3. The second-order valence-electron chi connectivity index (χ2n) is 26.0. The number of fused-ring (bicyclic) bond motifs is 13. The first-order valence-electron chi connectivity index (χ1n) is 27.0. The third-order valence-electron chi connectivity index (χ3n) is 18.1. The Morgan fingerprint density at radius 2 is 1.19 bits per heavy atom. The van der Waals surface area contributed by atoms with E-state index in [1.54, 1.807) is 0 Å². The van der Waals surface area contributed by atoms with E-state index in [-0.39, 0.29) is 33.9 Å². The lowest BCUT2D eigenvalue weighted by atomic mass is 9.42. The molecule has 0 unspecified atom stereocenters. The molecular weight excluding hydrogens is 916 g/mol. The molecule has 2 aliphatic carbocycles. The van der Waals surface area contributed by atoms with Gasteiger partial charge in [0.25, 0.3) is 0 Å². The second-order valence-corrected chi connectivity index (χ2v) is 27.1. The van der Waals surface area contributed by atoms with Gasteiger partial charge in [-0.25, -0.2) is 0 Å². The molecule has 0 amide bonds. The fourth-order valence-electron chi connectivity index (χ4n) is 13.8. The highest BCUT2D eigenvalue weighted by atomic mass is 32.1. The monoisotopic (exact) mass is 980 g/mol. The van der Waals surface area contributed by atoms with E-state index >= 15 is 0 Å². The Morgan fingerprint density at radius 1 is 0.527 bits per heavy atom. The molecule has 2 aliphatic heterocycles. The van der Waals surface area contributed by atoms with Crippen LogP contribution < -0.4 is 20.6 Å². The predicted octanol–water partition coefficient (Wildman–Crippen LogP) is 18.4. The molecule has 0 fully saturated rings. The van der Waals surface area contributed by atoms with E-state index in [0.717, 1.165) is 11.0 Å². The summed E-state index contributed by atoms with van der Waals surface area (Å²) in [5, 5.41) is 3.82. The van der Waals surface area contributed by atoms with Crippen molar-refractivity contribution in [2.24, 2.45) is 0 Å². The topological polar surface area (TPSA) is 19.6 Å². The normalized spacial score (nSPS) is 16.8. The van der Waals surface area contributed by atoms with E-state index in [0.29, 0.717) is 0 Å². The van der Waals surface area contributed by atoms with Gasteiger partial charge in [0.1, 0.15) is 5.58 Å². The van der Waals surface area contributed by atoms with Crippen LogP contribution in [0.25, 0.3) is 64.5 Å². The van der Waals surface area contributed by atoms with Crippen molar-refractivity contribution in [1.29, 1.82) is 0 Å². The average Bonchev–Trinajstić information content (AvgIpc) is 4.16. The van der Waals surface area contributed by atoms with Crippen LogP contribution in [0.5, 0.6) is 0 Å². The first-order chi connectivity index (χ1) is 35.2. The molecule has 0 bridgehead atoms. The molecule has 0 atom stereocenters. The zero-order valence-corrected chi connectivity index (χ0v) is 46.0. The average molecular weight is 981 g/mol. The molecule has 8 aromatic carbocycles. The predicted molar refractivity (Wildman–Crippen MR) is 319 cm³/mol. The fraction of sp³-hybridized carbons (Fsp3) is 0.275. The van der Waals surface area contributed by atoms with Crippen molar-refractivity contribution in [2.45, 2.75) is 123 Å². The minimum Gasteiger partial charge on any atom is -0.464 e. The van der Waals surface area contributed by atoms with E-state index in [1.807, 2.05) is 17.6 Å². The summed E-state index contributed by atoms with van der Waals surface area (Å²) in [5.74, 6) is 0. The molecule has 4 aliphatic rings. The van der Waals surface area contributed by atoms with E-state index in [4.69, 9.17) is 4.42 Å². The van der Waals surface area contributed by atoms with Crippen LogP contribution in [0.3, 0.4) is 0 Å². The summed E-state index contributed by atoms with van der Waals surface area (Å²) in [6.07, 6.45) is 4.25. The van der Waals surface area contributed by atoms with E-state index in [1.165, 1.54) is 139 Å². The third-order valence-corrected chi connectivity index (χ3v) is 19.2. The molecule has 0 radical (unpaired) electrons. The Hall–Kier alpha value is -6.82. The van der Waals surface area contributed by atoms with Crippen LogP contribution in [0.4, 0.5) is 28.4 Å². The number of nitrogens with zero attached hydrogens (tertiary/aromatic N) is 2. The zero-order chi connectivity index (χ0) is 51.2. The minimum atomic E-state index is -0.318. The number of hydrogen-bond acceptors (Lipinski definition) is 4. The summed E-state index contributed by atoms with van der Waals surface area (Å²) in [6.45, 7) is 28.5. The molecule has 5 heteroatoms. The quantitative estimate of drug-likeness (QED) is 0.165. The molecule has 2 aromatic heterocycles. The molecule has 4 heterocycles. The van der Waals surface area contributed by atoms with Crippen LogP contribution in [0, 0.1) is 0 Å². The van der Waals surface area contributed by atoms with Gasteiger partial charge in [0.15, 0.2) is 0 Å². The first-order valence-corrected chi connectivity index (χ1v) is 27.8. The van der Waals surface area contributed by atoms with Gasteiger partial charge >= 0.3 is 6.85 Å². The van der Waals surface area contributed by atoms with Gasteiger partial charge in [-0.05, 0) is 174 Å². The molecular formula is C69H65BN2OS. The molecule has 0 saturated heterocycles. The van der Waals surface area contributed by atoms with Crippen LogP contribution >= 0.6 is 11.3 Å². The summed E-state index contributed by atoms with van der Waals surface area (Å²) in [6, 6.07) is 57.0. The van der Waals surface area contributed by atoms with Gasteiger partial charge in [-0.15, -0.1) is 11.3 Å². The highest BCUT2D eigenvalue weighted by Crippen LogP contribution is 2.60. The van der Waals surface area contributed by atoms with Crippen molar-refractivity contribution in [2.75, 3.05) is 9.71 Å². The molecule has 3 nitrogen and oxygen atoms in total. The fourth-order valence-corrected chi connectivity index (χ4v) is 14.9. The van der Waals surface area contributed by atoms with Gasteiger partial charge in [0, 0.05) is 64.8 Å². The highest BCUT2D eigenvalue weighted by Gasteiger charge is 2.51. The highest BCUT2D eigenvalue weighted by molar-refractivity contribution is 7.26. The number of anilines is 5. The van der Waals surface area contributed by atoms with Gasteiger partial charge in [-0.2, -0.15) is 0 Å². The van der Waals surface area contributed by atoms with Gasteiger partial charge in [0.2, 0.25) is 0 Å². The van der Waals surface area contributed by atoms with Crippen molar-refractivity contribution >= 4 is 88.7 Å². The first kappa shape index (κ1) is 45.8. The zero-order valence-electron chi connectivity index (χ0n) is 45.1. The standard InChI is InChI=1S/C69H65BN2OS/c1-65(2,3)42-22-25-44(26-23-42)72-57-39-61-48(49-36-53-54(37-60(49)74-61)68(9,10)30-29-67(53,7)8)34-47(57)51-35-50-45-20-16-17-21-52(45)69(11,12)62(50)64-63(51)70(72)55-38-59-41(28-31-73-59)32-58(55)71(64)56-27-24-43(66(4,5)6)33-46(56)40-18-14-13-15-19-40/h13-28,31-39H,29-30H2,1-12H3. The van der Waals surface area contributed by atoms with Crippen LogP contribution in [0.1, 0.15) is 129 Å². The molecule has 0 N–H and O–H groups in total. The van der Waals surface area contributed by atoms with Gasteiger partial charge in [0.05, 0.1) is 12.0 Å². The van der Waals surface area contributed by atoms with Crippen molar-refractivity contribution in [3.63, 3.8) is 0 Å². The van der Waals surface area contributed by atoms with Gasteiger partial charge in [-0.3, -0.25) is 0 Å². The smallest absolute Gasteiger partial charge is 0.333 e. The number of hydrogen-bond donors (Lipinski definition) is 0. The summed E-state index contributed by atoms with van der Waals surface area (Å²) >= 11 is 1.97. The molecule has 366 valence electrons. The van der Waals surface area contributed by atoms with Crippen LogP contribution in [-0.2, 0) is 27.1 Å². The molecule has 14 rings (SSSR count). The van der Waals surface area contributed by atoms with Gasteiger partial charge < -0.3 is 14.1 Å². The maximum Gasteiger partial charge on any atom is 0.333 e. The van der Waals surface area contributed by atoms with Crippen LogP contribution in [0.2, 0.25) is 0 Å². The summed E-state index contributed by atoms with van der Waals surface area (Å²) in [4.78, 5) is 5.40. The Labute approximate surface area is 442 Å². The summed E-state index contributed by atoms with van der Waals surface area (Å²) in [7, 11) is 0. The molecule has 0 spiro atoms. The number of benzene rings is 8. The lowest BCUT2D eigenvalue weighted by molar-refractivity contribution is 0.332. The molecule has 10 aromatic rings. The van der Waals surface area contributed by atoms with E-state index < -0.39 is 0 Å². The van der Waals surface area contributed by atoms with Crippen molar-refractivity contribution in [1.82, 2.24) is 0 Å². The van der Waals surface area contributed by atoms with Crippen LogP contribution in [-0.4, -0.2) is 6.85 Å². The molecule has 0 saturated carbocycles. The number of furan rings is 1.